The van der Waals surface area contributed by atoms with Crippen molar-refractivity contribution in [2.45, 2.75) is 0 Å². The second kappa shape index (κ2) is 5.00. The number of halogens is 1. The van der Waals surface area contributed by atoms with Crippen molar-refractivity contribution >= 4 is 27.9 Å². The third kappa shape index (κ3) is 2.00. The van der Waals surface area contributed by atoms with Crippen LogP contribution in [-0.2, 0) is 0 Å². The molecule has 3 heteroatoms. The highest BCUT2D eigenvalue weighted by Gasteiger charge is 2.08. The minimum absolute atomic E-state index is 0.0226. The summed E-state index contributed by atoms with van der Waals surface area (Å²) in [5.41, 5.74) is 2.46. The van der Waals surface area contributed by atoms with Crippen LogP contribution in [0.4, 0.5) is 0 Å². The molecule has 0 bridgehead atoms. The Morgan fingerprint density at radius 3 is 2.50 bits per heavy atom. The highest BCUT2D eigenvalue weighted by Crippen LogP contribution is 2.24. The Hall–Kier alpha value is -2.58. The van der Waals surface area contributed by atoms with Crippen LogP contribution in [0.15, 0.2) is 77.7 Å². The molecule has 0 fully saturated rings. The van der Waals surface area contributed by atoms with Gasteiger partial charge in [-0.2, -0.15) is 0 Å². The number of benzene rings is 2. The van der Waals surface area contributed by atoms with Gasteiger partial charge in [-0.05, 0) is 41.3 Å². The van der Waals surface area contributed by atoms with E-state index in [0.29, 0.717) is 10.6 Å². The number of pyridine rings is 2. The van der Waals surface area contributed by atoms with E-state index in [1.165, 1.54) is 0 Å². The van der Waals surface area contributed by atoms with Crippen LogP contribution < -0.4 is 5.56 Å². The number of fused-ring (bicyclic) bond motifs is 3. The molecule has 0 aliphatic rings. The summed E-state index contributed by atoms with van der Waals surface area (Å²) in [6.07, 6.45) is 1.82. The summed E-state index contributed by atoms with van der Waals surface area (Å²) in [6.45, 7) is 0. The molecule has 0 saturated heterocycles. The molecular weight excluding hydrogens is 294 g/mol. The van der Waals surface area contributed by atoms with Gasteiger partial charge in [0, 0.05) is 22.2 Å². The standard InChI is InChI=1S/C19H12ClNO/c20-15-7-6-14-10-11-21-18(17(14)12-15)9-8-16(19(21)22)13-4-2-1-3-5-13/h1-12H. The van der Waals surface area contributed by atoms with Gasteiger partial charge in [-0.3, -0.25) is 9.20 Å². The Balaban J connectivity index is 2.09. The second-order valence-electron chi connectivity index (χ2n) is 5.22. The van der Waals surface area contributed by atoms with Gasteiger partial charge < -0.3 is 0 Å². The van der Waals surface area contributed by atoms with Gasteiger partial charge in [0.25, 0.3) is 5.56 Å². The van der Waals surface area contributed by atoms with Crippen LogP contribution in [0.2, 0.25) is 5.02 Å². The molecule has 0 amide bonds. The molecule has 0 N–H and O–H groups in total. The SMILES string of the molecule is O=c1c(-c2ccccc2)ccc2c3cc(Cl)ccc3ccn12. The maximum atomic E-state index is 12.8. The van der Waals surface area contributed by atoms with Gasteiger partial charge in [-0.25, -0.2) is 0 Å². The molecule has 4 aromatic rings. The van der Waals surface area contributed by atoms with Gasteiger partial charge in [-0.15, -0.1) is 0 Å². The van der Waals surface area contributed by atoms with Crippen LogP contribution in [0.3, 0.4) is 0 Å². The first-order valence-electron chi connectivity index (χ1n) is 7.03. The Labute approximate surface area is 132 Å². The first-order valence-corrected chi connectivity index (χ1v) is 7.41. The summed E-state index contributed by atoms with van der Waals surface area (Å²) in [4.78, 5) is 12.8. The fraction of sp³-hybridized carbons (Fsp3) is 0. The van der Waals surface area contributed by atoms with Crippen LogP contribution in [0.25, 0.3) is 27.4 Å². The average Bonchev–Trinajstić information content (AvgIpc) is 2.56. The second-order valence-corrected chi connectivity index (χ2v) is 5.66. The number of hydrogen-bond donors (Lipinski definition) is 0. The maximum Gasteiger partial charge on any atom is 0.262 e. The third-order valence-corrected chi connectivity index (χ3v) is 4.13. The summed E-state index contributed by atoms with van der Waals surface area (Å²) >= 11 is 6.10. The lowest BCUT2D eigenvalue weighted by Crippen LogP contribution is -2.15. The molecule has 0 spiro atoms. The maximum absolute atomic E-state index is 12.8. The minimum atomic E-state index is -0.0226. The van der Waals surface area contributed by atoms with E-state index < -0.39 is 0 Å². The van der Waals surface area contributed by atoms with Crippen molar-refractivity contribution in [3.63, 3.8) is 0 Å². The molecule has 2 aromatic heterocycles. The fourth-order valence-electron chi connectivity index (χ4n) is 2.81. The van der Waals surface area contributed by atoms with Crippen molar-refractivity contribution in [1.29, 1.82) is 0 Å². The van der Waals surface area contributed by atoms with Gasteiger partial charge >= 0.3 is 0 Å². The lowest BCUT2D eigenvalue weighted by atomic mass is 10.1. The first-order chi connectivity index (χ1) is 10.7. The largest absolute Gasteiger partial charge is 0.283 e. The van der Waals surface area contributed by atoms with Crippen molar-refractivity contribution in [2.75, 3.05) is 0 Å². The number of rotatable bonds is 1. The zero-order chi connectivity index (χ0) is 15.1. The Bertz CT molecular complexity index is 1050. The molecule has 2 heterocycles. The normalized spacial score (nSPS) is 11.1. The Morgan fingerprint density at radius 1 is 0.864 bits per heavy atom. The van der Waals surface area contributed by atoms with Gasteiger partial charge in [-0.1, -0.05) is 48.0 Å². The van der Waals surface area contributed by atoms with E-state index in [4.69, 9.17) is 11.6 Å². The van der Waals surface area contributed by atoms with Gasteiger partial charge in [0.15, 0.2) is 0 Å². The summed E-state index contributed by atoms with van der Waals surface area (Å²) in [5.74, 6) is 0. The molecule has 2 aromatic carbocycles. The molecule has 0 radical (unpaired) electrons. The Morgan fingerprint density at radius 2 is 1.68 bits per heavy atom. The van der Waals surface area contributed by atoms with Crippen LogP contribution >= 0.6 is 11.6 Å². The van der Waals surface area contributed by atoms with E-state index in [2.05, 4.69) is 0 Å². The summed E-state index contributed by atoms with van der Waals surface area (Å²) < 4.78 is 1.68. The highest BCUT2D eigenvalue weighted by molar-refractivity contribution is 6.31. The lowest BCUT2D eigenvalue weighted by molar-refractivity contribution is 1.11. The molecule has 0 aliphatic heterocycles. The molecule has 106 valence electrons. The smallest absolute Gasteiger partial charge is 0.262 e. The molecule has 22 heavy (non-hydrogen) atoms. The van der Waals surface area contributed by atoms with E-state index in [1.807, 2.05) is 72.9 Å². The van der Waals surface area contributed by atoms with Crippen LogP contribution in [-0.4, -0.2) is 4.40 Å². The minimum Gasteiger partial charge on any atom is -0.283 e. The first kappa shape index (κ1) is 13.1. The van der Waals surface area contributed by atoms with E-state index in [1.54, 1.807) is 4.40 Å². The fourth-order valence-corrected chi connectivity index (χ4v) is 2.98. The quantitative estimate of drug-likeness (QED) is 0.464. The molecule has 0 unspecified atom stereocenters. The van der Waals surface area contributed by atoms with E-state index in [0.717, 1.165) is 21.9 Å². The van der Waals surface area contributed by atoms with Crippen LogP contribution in [0.1, 0.15) is 0 Å². The molecule has 0 aliphatic carbocycles. The molecule has 0 saturated carbocycles. The van der Waals surface area contributed by atoms with E-state index in [-0.39, 0.29) is 5.56 Å². The predicted octanol–water partition coefficient (Wildman–Crippen LogP) is 4.77. The molecular formula is C19H12ClNO. The predicted molar refractivity (Wildman–Crippen MR) is 91.6 cm³/mol. The average molecular weight is 306 g/mol. The van der Waals surface area contributed by atoms with Crippen molar-refractivity contribution in [3.8, 4) is 11.1 Å². The monoisotopic (exact) mass is 305 g/mol. The summed E-state index contributed by atoms with van der Waals surface area (Å²) in [6, 6.07) is 21.2. The zero-order valence-corrected chi connectivity index (χ0v) is 12.4. The van der Waals surface area contributed by atoms with E-state index in [9.17, 15) is 4.79 Å². The molecule has 4 rings (SSSR count). The van der Waals surface area contributed by atoms with E-state index >= 15 is 0 Å². The topological polar surface area (TPSA) is 21.5 Å². The number of aromatic nitrogens is 1. The lowest BCUT2D eigenvalue weighted by Gasteiger charge is -2.08. The van der Waals surface area contributed by atoms with Crippen molar-refractivity contribution in [1.82, 2.24) is 4.40 Å². The number of nitrogens with zero attached hydrogens (tertiary/aromatic N) is 1. The Kier molecular flexibility index (Phi) is 2.98. The van der Waals surface area contributed by atoms with Crippen molar-refractivity contribution in [2.24, 2.45) is 0 Å². The third-order valence-electron chi connectivity index (χ3n) is 3.90. The molecule has 0 atom stereocenters. The van der Waals surface area contributed by atoms with Crippen LogP contribution in [0, 0.1) is 0 Å². The van der Waals surface area contributed by atoms with Gasteiger partial charge in [0.05, 0.1) is 5.52 Å². The zero-order valence-electron chi connectivity index (χ0n) is 11.7. The van der Waals surface area contributed by atoms with Crippen molar-refractivity contribution < 1.29 is 0 Å². The van der Waals surface area contributed by atoms with Crippen LogP contribution in [0.5, 0.6) is 0 Å². The van der Waals surface area contributed by atoms with Gasteiger partial charge in [0.1, 0.15) is 0 Å². The summed E-state index contributed by atoms with van der Waals surface area (Å²) in [5, 5.41) is 2.71. The molecule has 2 nitrogen and oxygen atoms in total. The summed E-state index contributed by atoms with van der Waals surface area (Å²) in [7, 11) is 0. The van der Waals surface area contributed by atoms with Crippen molar-refractivity contribution in [3.05, 3.63) is 88.3 Å². The number of hydrogen-bond acceptors (Lipinski definition) is 1. The highest BCUT2D eigenvalue weighted by atomic mass is 35.5. The van der Waals surface area contributed by atoms with Gasteiger partial charge in [0.2, 0.25) is 0 Å².